The van der Waals surface area contributed by atoms with Crippen molar-refractivity contribution in [2.45, 2.75) is 47.0 Å². The zero-order valence-corrected chi connectivity index (χ0v) is 16.8. The summed E-state index contributed by atoms with van der Waals surface area (Å²) in [7, 11) is 0. The number of hydrogen-bond acceptors (Lipinski definition) is 2. The van der Waals surface area contributed by atoms with E-state index in [0.29, 0.717) is 5.92 Å². The Kier molecular flexibility index (Phi) is 7.50. The van der Waals surface area contributed by atoms with E-state index in [0.717, 1.165) is 30.4 Å². The van der Waals surface area contributed by atoms with E-state index < -0.39 is 0 Å². The van der Waals surface area contributed by atoms with Crippen LogP contribution in [0.4, 0.5) is 0 Å². The van der Waals surface area contributed by atoms with Crippen molar-refractivity contribution in [3.63, 3.8) is 0 Å². The van der Waals surface area contributed by atoms with E-state index in [1.165, 1.54) is 6.08 Å². The van der Waals surface area contributed by atoms with Crippen LogP contribution in [0.15, 0.2) is 84.9 Å². The van der Waals surface area contributed by atoms with Crippen molar-refractivity contribution in [1.29, 1.82) is 0 Å². The highest BCUT2D eigenvalue weighted by molar-refractivity contribution is 5.45. The minimum Gasteiger partial charge on any atom is -0.513 e. The summed E-state index contributed by atoms with van der Waals surface area (Å²) in [4.78, 5) is 0. The first-order chi connectivity index (χ1) is 12.1. The molecule has 2 heteroatoms. The Morgan fingerprint density at radius 1 is 0.885 bits per heavy atom. The van der Waals surface area contributed by atoms with E-state index in [1.807, 2.05) is 24.3 Å². The van der Waals surface area contributed by atoms with Gasteiger partial charge in [-0.2, -0.15) is 0 Å². The Morgan fingerprint density at radius 3 is 1.85 bits per heavy atom. The maximum atomic E-state index is 9.80. The van der Waals surface area contributed by atoms with Gasteiger partial charge in [-0.05, 0) is 66.9 Å². The molecular formula is C24H34O2. The maximum absolute atomic E-state index is 9.80. The predicted molar refractivity (Wildman–Crippen MR) is 113 cm³/mol. The molecule has 0 aromatic heterocycles. The molecule has 0 bridgehead atoms. The normalized spacial score (nSPS) is 27.8. The third-order valence-corrected chi connectivity index (χ3v) is 5.07. The Hall–Kier alpha value is -2.22. The Labute approximate surface area is 159 Å². The fourth-order valence-electron chi connectivity index (χ4n) is 4.48. The first-order valence-electron chi connectivity index (χ1n) is 9.17. The Balaban J connectivity index is 3.68. The second-order valence-corrected chi connectivity index (χ2v) is 8.19. The van der Waals surface area contributed by atoms with Crippen LogP contribution in [0.3, 0.4) is 0 Å². The van der Waals surface area contributed by atoms with Crippen LogP contribution in [0.5, 0.6) is 0 Å². The summed E-state index contributed by atoms with van der Waals surface area (Å²) in [6.45, 7) is 20.2. The van der Waals surface area contributed by atoms with Crippen LogP contribution >= 0.6 is 0 Å². The lowest BCUT2D eigenvalue weighted by atomic mass is 9.54. The highest BCUT2D eigenvalue weighted by Crippen LogP contribution is 2.56. The summed E-state index contributed by atoms with van der Waals surface area (Å²) in [5, 5.41) is 19.4. The van der Waals surface area contributed by atoms with Crippen molar-refractivity contribution >= 4 is 0 Å². The molecule has 1 saturated carbocycles. The lowest BCUT2D eigenvalue weighted by molar-refractivity contribution is 0.103. The van der Waals surface area contributed by atoms with Gasteiger partial charge in [0.25, 0.3) is 0 Å². The van der Waals surface area contributed by atoms with Crippen molar-refractivity contribution in [2.24, 2.45) is 16.7 Å². The molecular weight excluding hydrogens is 320 g/mol. The third kappa shape index (κ3) is 5.39. The van der Waals surface area contributed by atoms with Gasteiger partial charge in [0.2, 0.25) is 0 Å². The quantitative estimate of drug-likeness (QED) is 0.377. The van der Waals surface area contributed by atoms with Gasteiger partial charge in [0.15, 0.2) is 0 Å². The number of rotatable bonds is 7. The van der Waals surface area contributed by atoms with Crippen LogP contribution in [0.2, 0.25) is 0 Å². The minimum absolute atomic E-state index is 0.123. The van der Waals surface area contributed by atoms with E-state index in [2.05, 4.69) is 40.5 Å². The lowest BCUT2D eigenvalue weighted by Crippen LogP contribution is -2.39. The molecule has 2 nitrogen and oxygen atoms in total. The fourth-order valence-corrected chi connectivity index (χ4v) is 4.48. The molecule has 0 aromatic carbocycles. The maximum Gasteiger partial charge on any atom is 0.114 e. The van der Waals surface area contributed by atoms with Gasteiger partial charge in [-0.25, -0.2) is 0 Å². The van der Waals surface area contributed by atoms with Crippen LogP contribution in [-0.4, -0.2) is 10.2 Å². The van der Waals surface area contributed by atoms with Crippen LogP contribution in [0, 0.1) is 16.7 Å². The third-order valence-electron chi connectivity index (χ3n) is 5.07. The first-order valence-corrected chi connectivity index (χ1v) is 9.17. The van der Waals surface area contributed by atoms with E-state index in [4.69, 9.17) is 0 Å². The topological polar surface area (TPSA) is 40.5 Å². The van der Waals surface area contributed by atoms with Gasteiger partial charge in [0, 0.05) is 5.41 Å². The molecule has 0 spiro atoms. The first kappa shape index (κ1) is 21.8. The van der Waals surface area contributed by atoms with Gasteiger partial charge in [-0.3, -0.25) is 0 Å². The molecule has 0 aliphatic heterocycles. The van der Waals surface area contributed by atoms with Gasteiger partial charge >= 0.3 is 0 Å². The largest absolute Gasteiger partial charge is 0.513 e. The summed E-state index contributed by atoms with van der Waals surface area (Å²) in [6, 6.07) is 0. The Bertz CT molecular complexity index is 666. The minimum atomic E-state index is -0.269. The average molecular weight is 355 g/mol. The molecule has 26 heavy (non-hydrogen) atoms. The molecule has 2 unspecified atom stereocenters. The average Bonchev–Trinajstić information content (AvgIpc) is 2.53. The van der Waals surface area contributed by atoms with Gasteiger partial charge in [-0.15, -0.1) is 0 Å². The molecule has 1 rings (SSSR count). The Morgan fingerprint density at radius 2 is 1.42 bits per heavy atom. The molecule has 1 fully saturated rings. The molecule has 2 atom stereocenters. The second-order valence-electron chi connectivity index (χ2n) is 8.19. The number of allylic oxidation sites excluding steroid dienone is 10. The molecule has 1 aliphatic rings. The van der Waals surface area contributed by atoms with Crippen LogP contribution in [0.1, 0.15) is 47.0 Å². The summed E-state index contributed by atoms with van der Waals surface area (Å²) in [5.41, 5.74) is 1.99. The van der Waals surface area contributed by atoms with Crippen LogP contribution < -0.4 is 0 Å². The number of aliphatic hydroxyl groups excluding tert-OH is 2. The molecule has 0 heterocycles. The predicted octanol–water partition coefficient (Wildman–Crippen LogP) is 7.13. The molecule has 142 valence electrons. The van der Waals surface area contributed by atoms with Crippen molar-refractivity contribution in [1.82, 2.24) is 0 Å². The van der Waals surface area contributed by atoms with E-state index in [-0.39, 0.29) is 22.3 Å². The molecule has 0 amide bonds. The highest BCUT2D eigenvalue weighted by atomic mass is 16.3. The zero-order chi connectivity index (χ0) is 20.0. The summed E-state index contributed by atoms with van der Waals surface area (Å²) >= 11 is 0. The highest BCUT2D eigenvalue weighted by Gasteiger charge is 2.45. The van der Waals surface area contributed by atoms with Gasteiger partial charge in [-0.1, -0.05) is 64.8 Å². The van der Waals surface area contributed by atoms with Gasteiger partial charge in [0.1, 0.15) is 5.76 Å². The molecule has 0 aromatic rings. The SMILES string of the molecule is C=C/C(O)=C\C=C(/C=C)C1(/C(C=C)=C/C=C(\C)O)CC(C)CC(C)(C)C1. The summed E-state index contributed by atoms with van der Waals surface area (Å²) in [6.07, 6.45) is 15.5. The number of hydrogen-bond donors (Lipinski definition) is 2. The van der Waals surface area contributed by atoms with Crippen LogP contribution in [-0.2, 0) is 0 Å². The molecule has 2 N–H and O–H groups in total. The van der Waals surface area contributed by atoms with Crippen molar-refractivity contribution < 1.29 is 10.2 Å². The summed E-state index contributed by atoms with van der Waals surface area (Å²) in [5.74, 6) is 0.912. The van der Waals surface area contributed by atoms with Crippen LogP contribution in [0.25, 0.3) is 0 Å². The van der Waals surface area contributed by atoms with Gasteiger partial charge < -0.3 is 10.2 Å². The smallest absolute Gasteiger partial charge is 0.114 e. The van der Waals surface area contributed by atoms with E-state index in [9.17, 15) is 10.2 Å². The molecule has 0 saturated heterocycles. The van der Waals surface area contributed by atoms with Crippen molar-refractivity contribution in [2.75, 3.05) is 0 Å². The summed E-state index contributed by atoms with van der Waals surface area (Å²) < 4.78 is 0. The standard InChI is InChI=1S/C24H34O2/c1-8-20(12-11-19(5)25)24(16-18(4)15-23(6,7)17-24)21(9-2)13-14-22(26)10-3/h8-14,18,25-26H,1-3,15-17H2,4-7H3/b19-11+,20-12+,21-13+,22-14+. The zero-order valence-electron chi connectivity index (χ0n) is 16.8. The molecule has 0 radical (unpaired) electrons. The lowest BCUT2D eigenvalue weighted by Gasteiger charge is -2.49. The monoisotopic (exact) mass is 354 g/mol. The fraction of sp³-hybridized carbons (Fsp3) is 0.417. The van der Waals surface area contributed by atoms with Crippen molar-refractivity contribution in [3.8, 4) is 0 Å². The van der Waals surface area contributed by atoms with Gasteiger partial charge in [0.05, 0.1) is 5.76 Å². The van der Waals surface area contributed by atoms with Crippen molar-refractivity contribution in [3.05, 3.63) is 84.9 Å². The number of aliphatic hydroxyl groups is 2. The van der Waals surface area contributed by atoms with E-state index in [1.54, 1.807) is 19.1 Å². The molecule has 1 aliphatic carbocycles. The second kappa shape index (κ2) is 8.93. The van der Waals surface area contributed by atoms with E-state index >= 15 is 0 Å².